The molecule has 1 aliphatic carbocycles. The molecule has 53 heavy (non-hydrogen) atoms. The molecular weight excluding hydrogens is 701 g/mol. The van der Waals surface area contributed by atoms with Crippen molar-refractivity contribution in [1.82, 2.24) is 15.1 Å². The quantitative estimate of drug-likeness (QED) is 0.112. The Labute approximate surface area is 303 Å². The van der Waals surface area contributed by atoms with E-state index in [1.165, 1.54) is 17.0 Å². The summed E-state index contributed by atoms with van der Waals surface area (Å²) in [5, 5.41) is 22.7. The highest BCUT2D eigenvalue weighted by Crippen LogP contribution is 2.37. The average molecular weight is 742 g/mol. The maximum Gasteiger partial charge on any atom is 0.305 e. The van der Waals surface area contributed by atoms with E-state index in [4.69, 9.17) is 9.84 Å². The lowest BCUT2D eigenvalue weighted by Gasteiger charge is -2.45. The van der Waals surface area contributed by atoms with Crippen LogP contribution in [0.4, 0.5) is 22.0 Å². The predicted octanol–water partition coefficient (Wildman–Crippen LogP) is 5.18. The molecule has 2 aliphatic heterocycles. The number of halogens is 5. The number of piperazine rings is 1. The number of carboxylic acid groups (broad SMARTS) is 1. The number of nitrogens with one attached hydrogen (secondary N) is 1. The number of aliphatic hydroxyl groups excluding tert-OH is 1. The number of fused-ring (bicyclic) bond motifs is 2. The lowest BCUT2D eigenvalue weighted by atomic mass is 9.82. The molecule has 0 spiro atoms. The van der Waals surface area contributed by atoms with Gasteiger partial charge >= 0.3 is 5.97 Å². The van der Waals surface area contributed by atoms with E-state index in [9.17, 15) is 41.4 Å². The fourth-order valence-electron chi connectivity index (χ4n) is 7.11. The van der Waals surface area contributed by atoms with Crippen LogP contribution in [-0.2, 0) is 27.2 Å². The van der Waals surface area contributed by atoms with Gasteiger partial charge in [-0.2, -0.15) is 4.39 Å². The topological polar surface area (TPSA) is 119 Å². The van der Waals surface area contributed by atoms with Gasteiger partial charge in [0.2, 0.25) is 11.7 Å². The van der Waals surface area contributed by atoms with Crippen molar-refractivity contribution in [1.29, 1.82) is 0 Å². The largest absolute Gasteiger partial charge is 0.488 e. The van der Waals surface area contributed by atoms with Crippen LogP contribution in [0.3, 0.4) is 0 Å². The molecule has 1 saturated carbocycles. The fourth-order valence-corrected chi connectivity index (χ4v) is 7.11. The van der Waals surface area contributed by atoms with Crippen LogP contribution in [0.15, 0.2) is 60.2 Å². The summed E-state index contributed by atoms with van der Waals surface area (Å²) in [7, 11) is 0. The van der Waals surface area contributed by atoms with E-state index in [-0.39, 0.29) is 62.6 Å². The number of aliphatic hydroxyl groups is 1. The Kier molecular flexibility index (Phi) is 11.8. The minimum atomic E-state index is -1.38. The standard InChI is InChI=1S/C39H40F5N3O6/c40-29-5-1-4-24(36(29)43)14-15-47(26-10-11-26)39(52)35-28(17-25-20-46(21-32(35)45-25)33(49)18-27(48)19-34(50)51)23-8-6-22(7-9-23)3-2-16-53-38-31(42)13-12-30(41)37(38)44/h1,4-9,12-13,25-27,32,45,48H,2-3,10-11,14-21H2,(H,50,51)/t25-,27+,32-/m1/s1. The highest BCUT2D eigenvalue weighted by molar-refractivity contribution is 6.03. The Balaban J connectivity index is 1.22. The Morgan fingerprint density at radius 2 is 1.60 bits per heavy atom. The molecule has 0 radical (unpaired) electrons. The van der Waals surface area contributed by atoms with Crippen LogP contribution in [0, 0.1) is 29.1 Å². The number of hydrogen-bond acceptors (Lipinski definition) is 6. The molecule has 3 aliphatic rings. The van der Waals surface area contributed by atoms with E-state index < -0.39 is 65.3 Å². The van der Waals surface area contributed by atoms with Gasteiger partial charge in [0.05, 0.1) is 31.6 Å². The number of carboxylic acids is 1. The van der Waals surface area contributed by atoms with Gasteiger partial charge < -0.3 is 30.1 Å². The highest BCUT2D eigenvalue weighted by Gasteiger charge is 2.43. The first kappa shape index (κ1) is 37.9. The second-order valence-electron chi connectivity index (χ2n) is 13.8. The third-order valence-electron chi connectivity index (χ3n) is 9.87. The normalized spacial score (nSPS) is 18.9. The van der Waals surface area contributed by atoms with E-state index in [0.717, 1.165) is 41.7 Å². The smallest absolute Gasteiger partial charge is 0.305 e. The molecule has 6 rings (SSSR count). The van der Waals surface area contributed by atoms with Crippen LogP contribution in [0.25, 0.3) is 5.57 Å². The van der Waals surface area contributed by atoms with Crippen LogP contribution in [0.1, 0.15) is 55.2 Å². The summed E-state index contributed by atoms with van der Waals surface area (Å²) in [6.07, 6.45) is 0.519. The van der Waals surface area contributed by atoms with Crippen molar-refractivity contribution < 1.29 is 51.3 Å². The first-order chi connectivity index (χ1) is 25.4. The van der Waals surface area contributed by atoms with Crippen LogP contribution < -0.4 is 10.1 Å². The molecule has 2 heterocycles. The molecule has 0 aromatic heterocycles. The highest BCUT2D eigenvalue weighted by atomic mass is 19.2. The Morgan fingerprint density at radius 3 is 2.32 bits per heavy atom. The molecule has 2 amide bonds. The zero-order valence-electron chi connectivity index (χ0n) is 28.8. The minimum Gasteiger partial charge on any atom is -0.488 e. The molecule has 3 aromatic rings. The van der Waals surface area contributed by atoms with Gasteiger partial charge in [-0.15, -0.1) is 0 Å². The number of nitrogens with zero attached hydrogens (tertiary/aromatic N) is 2. The summed E-state index contributed by atoms with van der Waals surface area (Å²) in [6.45, 7) is 0.458. The van der Waals surface area contributed by atoms with Gasteiger partial charge in [0.15, 0.2) is 29.0 Å². The summed E-state index contributed by atoms with van der Waals surface area (Å²) in [6, 6.07) is 12.0. The van der Waals surface area contributed by atoms with Gasteiger partial charge in [0.1, 0.15) is 0 Å². The molecule has 2 fully saturated rings. The number of carbonyl (C=O) groups is 3. The summed E-state index contributed by atoms with van der Waals surface area (Å²) in [5.41, 5.74) is 3.03. The van der Waals surface area contributed by atoms with Gasteiger partial charge in [-0.3, -0.25) is 14.4 Å². The van der Waals surface area contributed by atoms with Crippen molar-refractivity contribution in [2.24, 2.45) is 0 Å². The summed E-state index contributed by atoms with van der Waals surface area (Å²) < 4.78 is 75.1. The minimum absolute atomic E-state index is 0.0586. The Bertz CT molecular complexity index is 1890. The first-order valence-electron chi connectivity index (χ1n) is 17.7. The maximum atomic E-state index is 14.6. The van der Waals surface area contributed by atoms with Crippen LogP contribution in [0.5, 0.6) is 5.75 Å². The first-order valence-corrected chi connectivity index (χ1v) is 17.7. The lowest BCUT2D eigenvalue weighted by Crippen LogP contribution is -2.62. The molecule has 3 atom stereocenters. The molecule has 282 valence electrons. The summed E-state index contributed by atoms with van der Waals surface area (Å²) in [5.74, 6) is -8.22. The maximum absolute atomic E-state index is 14.6. The number of hydrogen-bond donors (Lipinski definition) is 3. The van der Waals surface area contributed by atoms with Crippen molar-refractivity contribution in [2.75, 3.05) is 26.2 Å². The molecule has 9 nitrogen and oxygen atoms in total. The number of ether oxygens (including phenoxy) is 1. The van der Waals surface area contributed by atoms with Gasteiger partial charge in [-0.05, 0) is 79.0 Å². The number of aliphatic carboxylic acids is 1. The van der Waals surface area contributed by atoms with Crippen molar-refractivity contribution >= 4 is 23.4 Å². The molecule has 14 heteroatoms. The zero-order chi connectivity index (χ0) is 37.8. The van der Waals surface area contributed by atoms with Crippen molar-refractivity contribution in [3.63, 3.8) is 0 Å². The molecule has 3 N–H and O–H groups in total. The van der Waals surface area contributed by atoms with E-state index in [0.29, 0.717) is 30.9 Å². The van der Waals surface area contributed by atoms with E-state index in [1.54, 1.807) is 4.90 Å². The number of amides is 2. The monoisotopic (exact) mass is 741 g/mol. The molecule has 0 unspecified atom stereocenters. The van der Waals surface area contributed by atoms with E-state index in [1.807, 2.05) is 24.3 Å². The van der Waals surface area contributed by atoms with Crippen LogP contribution >= 0.6 is 0 Å². The number of benzene rings is 3. The van der Waals surface area contributed by atoms with Crippen LogP contribution in [-0.4, -0.2) is 88.3 Å². The number of carbonyl (C=O) groups excluding carboxylic acids is 2. The Morgan fingerprint density at radius 1 is 0.887 bits per heavy atom. The van der Waals surface area contributed by atoms with Crippen molar-refractivity contribution in [3.8, 4) is 5.75 Å². The van der Waals surface area contributed by atoms with Crippen molar-refractivity contribution in [2.45, 2.75) is 75.6 Å². The zero-order valence-corrected chi connectivity index (χ0v) is 28.8. The third-order valence-corrected chi connectivity index (χ3v) is 9.87. The second kappa shape index (κ2) is 16.5. The third kappa shape index (κ3) is 9.05. The van der Waals surface area contributed by atoms with E-state index >= 15 is 0 Å². The summed E-state index contributed by atoms with van der Waals surface area (Å²) in [4.78, 5) is 42.1. The predicted molar refractivity (Wildman–Crippen MR) is 183 cm³/mol. The van der Waals surface area contributed by atoms with Crippen molar-refractivity contribution in [3.05, 3.63) is 106 Å². The molecule has 1 saturated heterocycles. The molecule has 2 bridgehead atoms. The number of aryl methyl sites for hydroxylation is 1. The molecular formula is C39H40F5N3O6. The van der Waals surface area contributed by atoms with Gasteiger partial charge in [-0.1, -0.05) is 36.4 Å². The Hall–Kier alpha value is -4.82. The van der Waals surface area contributed by atoms with E-state index in [2.05, 4.69) is 5.32 Å². The van der Waals surface area contributed by atoms with Gasteiger partial charge in [0, 0.05) is 37.3 Å². The fraction of sp³-hybridized carbons (Fsp3) is 0.410. The van der Waals surface area contributed by atoms with Crippen LogP contribution in [0.2, 0.25) is 0 Å². The van der Waals surface area contributed by atoms with Gasteiger partial charge in [-0.25, -0.2) is 17.6 Å². The summed E-state index contributed by atoms with van der Waals surface area (Å²) >= 11 is 0. The molecule has 3 aromatic carbocycles. The average Bonchev–Trinajstić information content (AvgIpc) is 3.96. The lowest BCUT2D eigenvalue weighted by molar-refractivity contribution is -0.141. The van der Waals surface area contributed by atoms with Gasteiger partial charge in [0.25, 0.3) is 5.91 Å². The SMILES string of the molecule is O=C(O)C[C@@H](O)CC(=O)N1C[C@H]2CC(c3ccc(CCCOc4c(F)ccc(F)c4F)cc3)=C(C(=O)N(CCc3cccc(F)c3F)C3CC3)[C@@H](C1)N2. The number of rotatable bonds is 15. The second-order valence-corrected chi connectivity index (χ2v) is 13.8.